The Balaban J connectivity index is 2.15. The molecule has 5 nitrogen and oxygen atoms in total. The van der Waals surface area contributed by atoms with Crippen LogP contribution in [0.2, 0.25) is 0 Å². The number of carbonyl (C=O) groups excluding carboxylic acids is 1. The zero-order valence-electron chi connectivity index (χ0n) is 12.2. The number of aliphatic hydroxyl groups excluding tert-OH is 1. The zero-order chi connectivity index (χ0) is 14.4. The summed E-state index contributed by atoms with van der Waals surface area (Å²) in [5.41, 5.74) is 0.309. The lowest BCUT2D eigenvalue weighted by Gasteiger charge is -2.17. The number of hydrogen-bond donors (Lipinski definition) is 1. The summed E-state index contributed by atoms with van der Waals surface area (Å²) in [5, 5.41) is 8.62. The Labute approximate surface area is 115 Å². The number of aliphatic hydroxyl groups is 1. The summed E-state index contributed by atoms with van der Waals surface area (Å²) in [6, 6.07) is 0. The highest BCUT2D eigenvalue weighted by Crippen LogP contribution is 2.37. The Morgan fingerprint density at radius 3 is 2.37 bits per heavy atom. The van der Waals surface area contributed by atoms with Gasteiger partial charge in [0.1, 0.15) is 0 Å². The first-order chi connectivity index (χ1) is 8.90. The molecule has 0 radical (unpaired) electrons. The first-order valence-electron chi connectivity index (χ1n) is 7.05. The molecule has 0 aromatic rings. The van der Waals surface area contributed by atoms with E-state index in [9.17, 15) is 4.79 Å². The topological polar surface area (TPSA) is 71.6 Å². The number of rotatable bonds is 9. The van der Waals surface area contributed by atoms with Crippen molar-refractivity contribution in [3.05, 3.63) is 0 Å². The fourth-order valence-electron chi connectivity index (χ4n) is 1.81. The van der Waals surface area contributed by atoms with E-state index in [1.807, 2.05) is 0 Å². The first-order valence-corrected chi connectivity index (χ1v) is 7.05. The molecule has 1 rings (SSSR count). The van der Waals surface area contributed by atoms with E-state index in [1.54, 1.807) is 0 Å². The summed E-state index contributed by atoms with van der Waals surface area (Å²) in [6.07, 6.45) is 4.85. The molecule has 1 aliphatic rings. The molecule has 0 aliphatic carbocycles. The molecule has 112 valence electrons. The van der Waals surface area contributed by atoms with Gasteiger partial charge >= 0.3 is 11.8 Å². The fraction of sp³-hybridized carbons (Fsp3) is 0.929. The molecule has 1 aliphatic heterocycles. The van der Waals surface area contributed by atoms with Crippen molar-refractivity contribution >= 4 is 5.97 Å². The van der Waals surface area contributed by atoms with Crippen LogP contribution in [0.25, 0.3) is 0 Å². The third-order valence-electron chi connectivity index (χ3n) is 3.06. The molecule has 0 amide bonds. The Morgan fingerprint density at radius 2 is 1.84 bits per heavy atom. The second kappa shape index (κ2) is 7.22. The minimum atomic E-state index is -1.14. The van der Waals surface area contributed by atoms with Gasteiger partial charge in [-0.3, -0.25) is 0 Å². The number of hydrogen-bond acceptors (Lipinski definition) is 5. The van der Waals surface area contributed by atoms with Gasteiger partial charge in [-0.2, -0.15) is 9.78 Å². The number of unbranched alkanes of at least 4 members (excludes halogenated alkanes) is 2. The van der Waals surface area contributed by atoms with Gasteiger partial charge in [0, 0.05) is 13.0 Å². The molecule has 19 heavy (non-hydrogen) atoms. The van der Waals surface area contributed by atoms with Crippen molar-refractivity contribution in [1.82, 2.24) is 0 Å². The summed E-state index contributed by atoms with van der Waals surface area (Å²) in [7, 11) is 0. The average molecular weight is 274 g/mol. The molecule has 0 saturated carbocycles. The van der Waals surface area contributed by atoms with E-state index < -0.39 is 11.8 Å². The normalized spacial score (nSPS) is 17.3. The summed E-state index contributed by atoms with van der Waals surface area (Å²) in [5.74, 6) is -1.59. The maximum Gasteiger partial charge on any atom is 0.372 e. The minimum absolute atomic E-state index is 0.114. The van der Waals surface area contributed by atoms with Crippen molar-refractivity contribution in [2.24, 2.45) is 5.41 Å². The van der Waals surface area contributed by atoms with Gasteiger partial charge in [0.15, 0.2) is 0 Å². The van der Waals surface area contributed by atoms with Crippen molar-refractivity contribution in [2.75, 3.05) is 13.2 Å². The van der Waals surface area contributed by atoms with Gasteiger partial charge in [-0.05, 0) is 31.1 Å². The molecular formula is C14H26O5. The molecule has 1 saturated heterocycles. The van der Waals surface area contributed by atoms with E-state index in [-0.39, 0.29) is 6.61 Å². The molecular weight excluding hydrogens is 248 g/mol. The van der Waals surface area contributed by atoms with Crippen LogP contribution in [0, 0.1) is 5.41 Å². The molecule has 0 spiro atoms. The SMILES string of the molecule is CC(C)(C)CCCCC1(C(=O)OCCCCO)OO1. The minimum Gasteiger partial charge on any atom is -0.462 e. The lowest BCUT2D eigenvalue weighted by molar-refractivity contribution is -0.151. The van der Waals surface area contributed by atoms with Crippen LogP contribution in [0.15, 0.2) is 0 Å². The van der Waals surface area contributed by atoms with Gasteiger partial charge in [-0.1, -0.05) is 27.2 Å². The quantitative estimate of drug-likeness (QED) is 0.303. The van der Waals surface area contributed by atoms with Gasteiger partial charge in [-0.25, -0.2) is 4.79 Å². The highest BCUT2D eigenvalue weighted by Gasteiger charge is 2.57. The Kier molecular flexibility index (Phi) is 6.23. The lowest BCUT2D eigenvalue weighted by atomic mass is 9.89. The Hall–Kier alpha value is -0.650. The van der Waals surface area contributed by atoms with Crippen LogP contribution in [0.1, 0.15) is 59.3 Å². The first kappa shape index (κ1) is 16.4. The van der Waals surface area contributed by atoms with E-state index in [0.717, 1.165) is 19.3 Å². The van der Waals surface area contributed by atoms with Gasteiger partial charge in [0.25, 0.3) is 0 Å². The van der Waals surface area contributed by atoms with Gasteiger partial charge < -0.3 is 9.84 Å². The second-order valence-electron chi connectivity index (χ2n) is 6.25. The van der Waals surface area contributed by atoms with Crippen LogP contribution in [0.5, 0.6) is 0 Å². The van der Waals surface area contributed by atoms with Crippen molar-refractivity contribution < 1.29 is 24.4 Å². The van der Waals surface area contributed by atoms with Crippen molar-refractivity contribution in [3.8, 4) is 0 Å². The lowest BCUT2D eigenvalue weighted by Crippen LogP contribution is -2.27. The van der Waals surface area contributed by atoms with E-state index in [4.69, 9.17) is 19.6 Å². The Morgan fingerprint density at radius 1 is 1.16 bits per heavy atom. The molecule has 5 heteroatoms. The summed E-state index contributed by atoms with van der Waals surface area (Å²) in [4.78, 5) is 21.4. The van der Waals surface area contributed by atoms with E-state index in [1.165, 1.54) is 0 Å². The molecule has 0 aromatic heterocycles. The maximum atomic E-state index is 11.7. The fourth-order valence-corrected chi connectivity index (χ4v) is 1.81. The van der Waals surface area contributed by atoms with Crippen LogP contribution in [0.4, 0.5) is 0 Å². The monoisotopic (exact) mass is 274 g/mol. The summed E-state index contributed by atoms with van der Waals surface area (Å²) in [6.45, 7) is 7.01. The number of ether oxygens (including phenoxy) is 1. The second-order valence-corrected chi connectivity index (χ2v) is 6.25. The van der Waals surface area contributed by atoms with E-state index in [2.05, 4.69) is 20.8 Å². The van der Waals surface area contributed by atoms with Crippen LogP contribution >= 0.6 is 0 Å². The summed E-state index contributed by atoms with van der Waals surface area (Å²) >= 11 is 0. The van der Waals surface area contributed by atoms with E-state index >= 15 is 0 Å². The smallest absolute Gasteiger partial charge is 0.372 e. The highest BCUT2D eigenvalue weighted by atomic mass is 17.4. The van der Waals surface area contributed by atoms with Crippen LogP contribution in [0.3, 0.4) is 0 Å². The van der Waals surface area contributed by atoms with Gasteiger partial charge in [0.05, 0.1) is 6.61 Å². The molecule has 1 fully saturated rings. The maximum absolute atomic E-state index is 11.7. The standard InChI is InChI=1S/C14H26O5/c1-13(2,3)8-4-5-9-14(18-19-14)12(16)17-11-7-6-10-15/h15H,4-11H2,1-3H3. The number of carbonyl (C=O) groups is 1. The van der Waals surface area contributed by atoms with Gasteiger partial charge in [0.2, 0.25) is 0 Å². The third-order valence-corrected chi connectivity index (χ3v) is 3.06. The molecule has 1 heterocycles. The van der Waals surface area contributed by atoms with E-state index in [0.29, 0.717) is 31.3 Å². The molecule has 0 bridgehead atoms. The van der Waals surface area contributed by atoms with Crippen molar-refractivity contribution in [2.45, 2.75) is 65.1 Å². The number of esters is 1. The Bertz CT molecular complexity index is 278. The highest BCUT2D eigenvalue weighted by molar-refractivity contribution is 5.79. The van der Waals surface area contributed by atoms with Crippen molar-refractivity contribution in [3.63, 3.8) is 0 Å². The van der Waals surface area contributed by atoms with Crippen LogP contribution in [-0.2, 0) is 19.3 Å². The average Bonchev–Trinajstić information content (AvgIpc) is 3.10. The van der Waals surface area contributed by atoms with Gasteiger partial charge in [-0.15, -0.1) is 0 Å². The third kappa shape index (κ3) is 6.36. The molecule has 0 unspecified atom stereocenters. The predicted molar refractivity (Wildman–Crippen MR) is 70.1 cm³/mol. The largest absolute Gasteiger partial charge is 0.462 e. The van der Waals surface area contributed by atoms with Crippen molar-refractivity contribution in [1.29, 1.82) is 0 Å². The molecule has 1 N–H and O–H groups in total. The summed E-state index contributed by atoms with van der Waals surface area (Å²) < 4.78 is 5.07. The van der Waals surface area contributed by atoms with Crippen LogP contribution in [-0.4, -0.2) is 30.1 Å². The predicted octanol–water partition coefficient (Wildman–Crippen LogP) is 2.57. The molecule has 0 atom stereocenters. The van der Waals surface area contributed by atoms with Crippen LogP contribution < -0.4 is 0 Å². The molecule has 0 aromatic carbocycles. The zero-order valence-corrected chi connectivity index (χ0v) is 12.2.